The Bertz CT molecular complexity index is 876. The van der Waals surface area contributed by atoms with Gasteiger partial charge in [0.05, 0.1) is 6.54 Å². The van der Waals surface area contributed by atoms with Gasteiger partial charge >= 0.3 is 0 Å². The third-order valence-electron chi connectivity index (χ3n) is 3.88. The first-order valence-electron chi connectivity index (χ1n) is 8.21. The molecule has 0 unspecified atom stereocenters. The lowest BCUT2D eigenvalue weighted by Gasteiger charge is -2.16. The Morgan fingerprint density at radius 3 is 2.54 bits per heavy atom. The zero-order valence-electron chi connectivity index (χ0n) is 14.6. The first kappa shape index (κ1) is 18.0. The van der Waals surface area contributed by atoms with Gasteiger partial charge in [-0.2, -0.15) is 0 Å². The van der Waals surface area contributed by atoms with Crippen molar-refractivity contribution >= 4 is 17.5 Å². The highest BCUT2D eigenvalue weighted by Gasteiger charge is 2.21. The Morgan fingerprint density at radius 2 is 1.85 bits per heavy atom. The van der Waals surface area contributed by atoms with Gasteiger partial charge < -0.3 is 14.1 Å². The van der Waals surface area contributed by atoms with Crippen molar-refractivity contribution in [3.63, 3.8) is 0 Å². The minimum absolute atomic E-state index is 0.205. The highest BCUT2D eigenvalue weighted by atomic mass is 35.5. The van der Waals surface area contributed by atoms with Crippen molar-refractivity contribution in [3.8, 4) is 17.2 Å². The summed E-state index contributed by atoms with van der Waals surface area (Å²) in [7, 11) is 1.72. The van der Waals surface area contributed by atoms with Crippen molar-refractivity contribution in [2.75, 3.05) is 20.2 Å². The van der Waals surface area contributed by atoms with Crippen molar-refractivity contribution < 1.29 is 13.9 Å². The lowest BCUT2D eigenvalue weighted by atomic mass is 10.2. The van der Waals surface area contributed by atoms with Gasteiger partial charge in [-0.25, -0.2) is 4.98 Å². The molecule has 0 saturated carbocycles. The Balaban J connectivity index is 1.64. The second kappa shape index (κ2) is 8.06. The zero-order valence-corrected chi connectivity index (χ0v) is 15.4. The van der Waals surface area contributed by atoms with E-state index in [-0.39, 0.29) is 5.91 Å². The molecule has 1 aromatic heterocycles. The minimum atomic E-state index is -0.205. The number of hydrogen-bond donors (Lipinski definition) is 0. The molecule has 0 spiro atoms. The number of hydrogen-bond acceptors (Lipinski definition) is 4. The van der Waals surface area contributed by atoms with Crippen LogP contribution < -0.4 is 4.74 Å². The van der Waals surface area contributed by atoms with Gasteiger partial charge in [0.25, 0.3) is 5.91 Å². The van der Waals surface area contributed by atoms with Gasteiger partial charge in [0.2, 0.25) is 5.89 Å². The second-order valence-corrected chi connectivity index (χ2v) is 6.26. The summed E-state index contributed by atoms with van der Waals surface area (Å²) in [4.78, 5) is 18.6. The number of ether oxygens (including phenoxy) is 1. The molecule has 0 N–H and O–H groups in total. The number of likely N-dealkylation sites (N-methyl/N-ethyl adjacent to an activating group) is 1. The van der Waals surface area contributed by atoms with Crippen molar-refractivity contribution in [3.05, 3.63) is 71.1 Å². The number of para-hydroxylation sites is 1. The maximum atomic E-state index is 12.6. The predicted octanol–water partition coefficient (Wildman–Crippen LogP) is 4.45. The van der Waals surface area contributed by atoms with Crippen LogP contribution in [0.4, 0.5) is 0 Å². The maximum absolute atomic E-state index is 12.6. The molecule has 3 rings (SSSR count). The van der Waals surface area contributed by atoms with Crippen LogP contribution in [0.1, 0.15) is 16.2 Å². The molecule has 0 aliphatic rings. The Hall–Kier alpha value is -2.79. The molecule has 0 aliphatic heterocycles. The monoisotopic (exact) mass is 370 g/mol. The van der Waals surface area contributed by atoms with Crippen molar-refractivity contribution in [1.82, 2.24) is 9.88 Å². The van der Waals surface area contributed by atoms with Crippen LogP contribution in [-0.2, 0) is 0 Å². The number of oxazole rings is 1. The lowest BCUT2D eigenvalue weighted by Crippen LogP contribution is -2.31. The largest absolute Gasteiger partial charge is 0.492 e. The number of halogens is 1. The van der Waals surface area contributed by atoms with Crippen LogP contribution in [-0.4, -0.2) is 36.0 Å². The van der Waals surface area contributed by atoms with E-state index in [0.717, 1.165) is 11.3 Å². The summed E-state index contributed by atoms with van der Waals surface area (Å²) in [5.74, 6) is 1.45. The fraction of sp³-hybridized carbons (Fsp3) is 0.200. The van der Waals surface area contributed by atoms with Crippen LogP contribution in [0, 0.1) is 6.92 Å². The number of rotatable bonds is 6. The molecule has 5 nitrogen and oxygen atoms in total. The van der Waals surface area contributed by atoms with Gasteiger partial charge in [-0.1, -0.05) is 29.8 Å². The van der Waals surface area contributed by atoms with Gasteiger partial charge in [0.15, 0.2) is 5.69 Å². The molecule has 1 heterocycles. The summed E-state index contributed by atoms with van der Waals surface area (Å²) in [5, 5.41) is 0.631. The maximum Gasteiger partial charge on any atom is 0.275 e. The molecule has 0 aliphatic carbocycles. The first-order chi connectivity index (χ1) is 12.5. The van der Waals surface area contributed by atoms with Crippen molar-refractivity contribution in [2.24, 2.45) is 0 Å². The van der Waals surface area contributed by atoms with Crippen molar-refractivity contribution in [1.29, 1.82) is 0 Å². The number of carbonyl (C=O) groups is 1. The van der Waals surface area contributed by atoms with Gasteiger partial charge in [-0.3, -0.25) is 4.79 Å². The molecule has 26 heavy (non-hydrogen) atoms. The summed E-state index contributed by atoms with van der Waals surface area (Å²) < 4.78 is 11.3. The van der Waals surface area contributed by atoms with Gasteiger partial charge in [-0.15, -0.1) is 0 Å². The predicted molar refractivity (Wildman–Crippen MR) is 101 cm³/mol. The molecular formula is C20H19ClN2O3. The van der Waals surface area contributed by atoms with Gasteiger partial charge in [0.1, 0.15) is 18.1 Å². The number of amides is 1. The number of carbonyl (C=O) groups excluding carboxylic acids is 1. The first-order valence-corrected chi connectivity index (χ1v) is 8.59. The molecule has 134 valence electrons. The molecule has 0 radical (unpaired) electrons. The van der Waals surface area contributed by atoms with E-state index in [1.165, 1.54) is 0 Å². The normalized spacial score (nSPS) is 10.6. The van der Waals surface area contributed by atoms with Crippen LogP contribution in [0.25, 0.3) is 11.5 Å². The van der Waals surface area contributed by atoms with E-state index < -0.39 is 0 Å². The van der Waals surface area contributed by atoms with E-state index in [2.05, 4.69) is 4.98 Å². The fourth-order valence-corrected chi connectivity index (χ4v) is 2.54. The van der Waals surface area contributed by atoms with Gasteiger partial charge in [-0.05, 0) is 43.3 Å². The van der Waals surface area contributed by atoms with Crippen LogP contribution >= 0.6 is 11.6 Å². The van der Waals surface area contributed by atoms with E-state index in [1.807, 2.05) is 30.3 Å². The summed E-state index contributed by atoms with van der Waals surface area (Å²) in [6.45, 7) is 2.57. The van der Waals surface area contributed by atoms with Crippen molar-refractivity contribution in [2.45, 2.75) is 6.92 Å². The average molecular weight is 371 g/mol. The fourth-order valence-electron chi connectivity index (χ4n) is 2.41. The standard InChI is InChI=1S/C20H19ClN2O3/c1-14-18(22-19(26-14)15-8-10-16(21)11-9-15)20(24)23(2)12-13-25-17-6-4-3-5-7-17/h3-11H,12-13H2,1-2H3. The molecule has 0 bridgehead atoms. The summed E-state index contributed by atoms with van der Waals surface area (Å²) in [5.41, 5.74) is 1.07. The number of aryl methyl sites for hydroxylation is 1. The van der Waals surface area contributed by atoms with E-state index in [1.54, 1.807) is 43.1 Å². The SMILES string of the molecule is Cc1oc(-c2ccc(Cl)cc2)nc1C(=O)N(C)CCOc1ccccc1. The van der Waals surface area contributed by atoms with E-state index in [4.69, 9.17) is 20.8 Å². The topological polar surface area (TPSA) is 55.6 Å². The van der Waals surface area contributed by atoms with Crippen LogP contribution in [0.15, 0.2) is 59.0 Å². The van der Waals surface area contributed by atoms with Crippen LogP contribution in [0.2, 0.25) is 5.02 Å². The number of aromatic nitrogens is 1. The highest BCUT2D eigenvalue weighted by Crippen LogP contribution is 2.24. The molecule has 2 aromatic carbocycles. The number of nitrogens with zero attached hydrogens (tertiary/aromatic N) is 2. The molecule has 6 heteroatoms. The quantitative estimate of drug-likeness (QED) is 0.643. The smallest absolute Gasteiger partial charge is 0.275 e. The van der Waals surface area contributed by atoms with E-state index in [9.17, 15) is 4.79 Å². The molecular weight excluding hydrogens is 352 g/mol. The van der Waals surface area contributed by atoms with E-state index in [0.29, 0.717) is 35.5 Å². The van der Waals surface area contributed by atoms with Gasteiger partial charge in [0, 0.05) is 17.6 Å². The highest BCUT2D eigenvalue weighted by molar-refractivity contribution is 6.30. The summed E-state index contributed by atoms with van der Waals surface area (Å²) in [6, 6.07) is 16.6. The molecule has 0 fully saturated rings. The minimum Gasteiger partial charge on any atom is -0.492 e. The van der Waals surface area contributed by atoms with E-state index >= 15 is 0 Å². The average Bonchev–Trinajstić information content (AvgIpc) is 3.04. The van der Waals surface area contributed by atoms with Crippen LogP contribution in [0.3, 0.4) is 0 Å². The zero-order chi connectivity index (χ0) is 18.5. The summed E-state index contributed by atoms with van der Waals surface area (Å²) in [6.07, 6.45) is 0. The second-order valence-electron chi connectivity index (χ2n) is 5.82. The summed E-state index contributed by atoms with van der Waals surface area (Å²) >= 11 is 5.90. The Kier molecular flexibility index (Phi) is 5.58. The third-order valence-corrected chi connectivity index (χ3v) is 4.13. The Labute approximate surface area is 157 Å². The molecule has 3 aromatic rings. The molecule has 1 amide bonds. The molecule has 0 atom stereocenters. The lowest BCUT2D eigenvalue weighted by molar-refractivity contribution is 0.0767. The van der Waals surface area contributed by atoms with Crippen LogP contribution in [0.5, 0.6) is 5.75 Å². The third kappa shape index (κ3) is 4.24. The number of benzene rings is 2. The Morgan fingerprint density at radius 1 is 1.15 bits per heavy atom. The molecule has 0 saturated heterocycles.